The largest absolute Gasteiger partial charge is 0.354 e. The number of carbonyl (C=O) groups is 2. The van der Waals surface area contributed by atoms with E-state index in [1.807, 2.05) is 38.1 Å². The molecule has 0 spiro atoms. The van der Waals surface area contributed by atoms with Crippen LogP contribution in [0.3, 0.4) is 0 Å². The number of nitrogens with one attached hydrogen (secondary N) is 3. The molecule has 1 amide bonds. The Hall–Kier alpha value is -2.89. The number of nitrogens with zero attached hydrogens (tertiary/aromatic N) is 1. The van der Waals surface area contributed by atoms with Gasteiger partial charge in [0.15, 0.2) is 5.78 Å². The number of hydrogen-bond acceptors (Lipinski definition) is 3. The average molecular weight is 352 g/mol. The van der Waals surface area contributed by atoms with Gasteiger partial charge in [-0.2, -0.15) is 0 Å². The molecule has 0 atom stereocenters. The third kappa shape index (κ3) is 3.54. The Morgan fingerprint density at radius 3 is 2.62 bits per heavy atom. The van der Waals surface area contributed by atoms with Gasteiger partial charge in [0.1, 0.15) is 11.5 Å². The minimum atomic E-state index is -0.180. The standard InChI is InChI=1S/C20H24N4O2/c1-4-7-14-18(13(3)25)12(2)22-19(14)20(26)21-11-10-17-23-15-8-5-6-9-16(15)24-17/h5-6,8-9,22H,4,7,10-11H2,1-3H3,(H,21,26)(H,23,24). The molecule has 6 heteroatoms. The lowest BCUT2D eigenvalue weighted by Gasteiger charge is -2.06. The van der Waals surface area contributed by atoms with Crippen LogP contribution < -0.4 is 5.32 Å². The molecule has 0 aliphatic heterocycles. The SMILES string of the molecule is CCCc1c(C(=O)NCCc2nc3ccccc3[nH]2)[nH]c(C)c1C(C)=O. The van der Waals surface area contributed by atoms with E-state index in [0.717, 1.165) is 34.5 Å². The number of benzene rings is 1. The van der Waals surface area contributed by atoms with Crippen molar-refractivity contribution in [2.24, 2.45) is 0 Å². The zero-order chi connectivity index (χ0) is 18.7. The second-order valence-corrected chi connectivity index (χ2v) is 6.49. The van der Waals surface area contributed by atoms with Gasteiger partial charge in [0.25, 0.3) is 5.91 Å². The second-order valence-electron chi connectivity index (χ2n) is 6.49. The van der Waals surface area contributed by atoms with Crippen LogP contribution in [0.1, 0.15) is 58.2 Å². The molecule has 0 radical (unpaired) electrons. The van der Waals surface area contributed by atoms with Gasteiger partial charge in [-0.05, 0) is 38.0 Å². The fraction of sp³-hybridized carbons (Fsp3) is 0.350. The van der Waals surface area contributed by atoms with E-state index in [0.29, 0.717) is 30.6 Å². The molecule has 2 aromatic heterocycles. The molecule has 3 N–H and O–H groups in total. The highest BCUT2D eigenvalue weighted by molar-refractivity contribution is 6.02. The van der Waals surface area contributed by atoms with E-state index in [1.54, 1.807) is 6.92 Å². The topological polar surface area (TPSA) is 90.6 Å². The number of aromatic amines is 2. The van der Waals surface area contributed by atoms with E-state index in [1.165, 1.54) is 0 Å². The third-order valence-corrected chi connectivity index (χ3v) is 4.46. The first kappa shape index (κ1) is 17.9. The predicted octanol–water partition coefficient (Wildman–Crippen LogP) is 3.33. The number of hydrogen-bond donors (Lipinski definition) is 3. The first-order valence-corrected chi connectivity index (χ1v) is 8.95. The van der Waals surface area contributed by atoms with E-state index in [4.69, 9.17) is 0 Å². The van der Waals surface area contributed by atoms with Crippen molar-refractivity contribution in [2.45, 2.75) is 40.0 Å². The highest BCUT2D eigenvalue weighted by Gasteiger charge is 2.21. The molecule has 0 fully saturated rings. The maximum absolute atomic E-state index is 12.6. The van der Waals surface area contributed by atoms with Gasteiger partial charge in [0.05, 0.1) is 11.0 Å². The summed E-state index contributed by atoms with van der Waals surface area (Å²) in [5.74, 6) is 0.649. The van der Waals surface area contributed by atoms with E-state index >= 15 is 0 Å². The molecular weight excluding hydrogens is 328 g/mol. The van der Waals surface area contributed by atoms with Gasteiger partial charge >= 0.3 is 0 Å². The van der Waals surface area contributed by atoms with Gasteiger partial charge in [-0.15, -0.1) is 0 Å². The monoisotopic (exact) mass is 352 g/mol. The number of ketones is 1. The van der Waals surface area contributed by atoms with Crippen molar-refractivity contribution < 1.29 is 9.59 Å². The number of Topliss-reactive ketones (excluding diaryl/α,β-unsaturated/α-hetero) is 1. The average Bonchev–Trinajstić information content (AvgIpc) is 3.15. The van der Waals surface area contributed by atoms with Crippen LogP contribution in [0.5, 0.6) is 0 Å². The summed E-state index contributed by atoms with van der Waals surface area (Å²) in [7, 11) is 0. The number of para-hydroxylation sites is 2. The molecule has 6 nitrogen and oxygen atoms in total. The number of aromatic nitrogens is 3. The van der Waals surface area contributed by atoms with Crippen molar-refractivity contribution in [2.75, 3.05) is 6.54 Å². The molecule has 0 aliphatic carbocycles. The molecule has 1 aromatic carbocycles. The predicted molar refractivity (Wildman–Crippen MR) is 102 cm³/mol. The highest BCUT2D eigenvalue weighted by Crippen LogP contribution is 2.21. The van der Waals surface area contributed by atoms with Gasteiger partial charge in [-0.25, -0.2) is 4.98 Å². The van der Waals surface area contributed by atoms with Crippen molar-refractivity contribution in [3.63, 3.8) is 0 Å². The summed E-state index contributed by atoms with van der Waals surface area (Å²) >= 11 is 0. The summed E-state index contributed by atoms with van der Waals surface area (Å²) in [5, 5.41) is 2.93. The highest BCUT2D eigenvalue weighted by atomic mass is 16.2. The normalized spacial score (nSPS) is 11.0. The number of rotatable bonds is 7. The van der Waals surface area contributed by atoms with Gasteiger partial charge in [0.2, 0.25) is 0 Å². The molecule has 0 bridgehead atoms. The van der Waals surface area contributed by atoms with Crippen LogP contribution in [-0.2, 0) is 12.8 Å². The molecular formula is C20H24N4O2. The Morgan fingerprint density at radius 1 is 1.15 bits per heavy atom. The fourth-order valence-electron chi connectivity index (χ4n) is 3.35. The smallest absolute Gasteiger partial charge is 0.268 e. The molecule has 0 unspecified atom stereocenters. The van der Waals surface area contributed by atoms with Crippen molar-refractivity contribution in [3.8, 4) is 0 Å². The lowest BCUT2D eigenvalue weighted by atomic mass is 10.0. The van der Waals surface area contributed by atoms with E-state index in [2.05, 4.69) is 20.3 Å². The van der Waals surface area contributed by atoms with Gasteiger partial charge in [-0.3, -0.25) is 9.59 Å². The second kappa shape index (κ2) is 7.56. The molecule has 0 aliphatic rings. The minimum absolute atomic E-state index is 0.0106. The maximum atomic E-state index is 12.6. The summed E-state index contributed by atoms with van der Waals surface area (Å²) < 4.78 is 0. The summed E-state index contributed by atoms with van der Waals surface area (Å²) in [6, 6.07) is 7.84. The lowest BCUT2D eigenvalue weighted by molar-refractivity contribution is 0.0948. The van der Waals surface area contributed by atoms with Crippen molar-refractivity contribution in [3.05, 3.63) is 52.6 Å². The van der Waals surface area contributed by atoms with Crippen LogP contribution >= 0.6 is 0 Å². The Kier molecular flexibility index (Phi) is 5.21. The molecule has 136 valence electrons. The maximum Gasteiger partial charge on any atom is 0.268 e. The minimum Gasteiger partial charge on any atom is -0.354 e. The van der Waals surface area contributed by atoms with Crippen molar-refractivity contribution >= 4 is 22.7 Å². The third-order valence-electron chi connectivity index (χ3n) is 4.46. The Labute approximate surface area is 152 Å². The Balaban J connectivity index is 1.70. The van der Waals surface area contributed by atoms with Gasteiger partial charge in [0, 0.05) is 24.2 Å². The molecule has 3 rings (SSSR count). The summed E-state index contributed by atoms with van der Waals surface area (Å²) in [5.41, 5.74) is 4.63. The number of imidazole rings is 1. The van der Waals surface area contributed by atoms with Crippen LogP contribution in [-0.4, -0.2) is 33.2 Å². The summed E-state index contributed by atoms with van der Waals surface area (Å²) in [4.78, 5) is 35.4. The number of H-pyrrole nitrogens is 2. The molecule has 2 heterocycles. The summed E-state index contributed by atoms with van der Waals surface area (Å²) in [6.45, 7) is 5.88. The number of carbonyl (C=O) groups excluding carboxylic acids is 2. The van der Waals surface area contributed by atoms with E-state index < -0.39 is 0 Å². The quantitative estimate of drug-likeness (QED) is 0.570. The number of amides is 1. The van der Waals surface area contributed by atoms with E-state index in [9.17, 15) is 9.59 Å². The zero-order valence-electron chi connectivity index (χ0n) is 15.4. The van der Waals surface area contributed by atoms with Crippen LogP contribution in [0.2, 0.25) is 0 Å². The molecule has 0 saturated carbocycles. The summed E-state index contributed by atoms with van der Waals surface area (Å²) in [6.07, 6.45) is 2.19. The Bertz CT molecular complexity index is 919. The Morgan fingerprint density at radius 2 is 1.92 bits per heavy atom. The molecule has 26 heavy (non-hydrogen) atoms. The molecule has 0 saturated heterocycles. The van der Waals surface area contributed by atoms with E-state index in [-0.39, 0.29) is 11.7 Å². The zero-order valence-corrected chi connectivity index (χ0v) is 15.4. The lowest BCUT2D eigenvalue weighted by Crippen LogP contribution is -2.27. The van der Waals surface area contributed by atoms with Crippen LogP contribution in [0.25, 0.3) is 11.0 Å². The first-order chi connectivity index (χ1) is 12.5. The van der Waals surface area contributed by atoms with Crippen LogP contribution in [0, 0.1) is 6.92 Å². The first-order valence-electron chi connectivity index (χ1n) is 8.95. The fourth-order valence-corrected chi connectivity index (χ4v) is 3.35. The van der Waals surface area contributed by atoms with Gasteiger partial charge < -0.3 is 15.3 Å². The van der Waals surface area contributed by atoms with Crippen LogP contribution in [0.4, 0.5) is 0 Å². The van der Waals surface area contributed by atoms with Crippen molar-refractivity contribution in [1.82, 2.24) is 20.3 Å². The van der Waals surface area contributed by atoms with Crippen molar-refractivity contribution in [1.29, 1.82) is 0 Å². The van der Waals surface area contributed by atoms with Crippen LogP contribution in [0.15, 0.2) is 24.3 Å². The molecule has 3 aromatic rings. The number of fused-ring (bicyclic) bond motifs is 1. The van der Waals surface area contributed by atoms with Gasteiger partial charge in [-0.1, -0.05) is 25.5 Å². The number of aryl methyl sites for hydroxylation is 1.